The molecular weight excluding hydrogens is 286 g/mol. The van der Waals surface area contributed by atoms with Crippen LogP contribution in [0.2, 0.25) is 0 Å². The van der Waals surface area contributed by atoms with E-state index in [1.165, 1.54) is 6.26 Å². The quantitative estimate of drug-likeness (QED) is 0.899. The molecule has 0 unspecified atom stereocenters. The summed E-state index contributed by atoms with van der Waals surface area (Å²) in [6, 6.07) is -0.452. The van der Waals surface area contributed by atoms with Gasteiger partial charge in [-0.2, -0.15) is 0 Å². The lowest BCUT2D eigenvalue weighted by molar-refractivity contribution is 0.0906. The van der Waals surface area contributed by atoms with E-state index in [9.17, 15) is 4.79 Å². The third-order valence-corrected chi connectivity index (χ3v) is 3.73. The van der Waals surface area contributed by atoms with Gasteiger partial charge in [-0.05, 0) is 20.3 Å². The van der Waals surface area contributed by atoms with Crippen molar-refractivity contribution in [3.63, 3.8) is 0 Å². The maximum atomic E-state index is 12.1. The zero-order chi connectivity index (χ0) is 15.5. The van der Waals surface area contributed by atoms with Crippen molar-refractivity contribution >= 4 is 11.8 Å². The summed E-state index contributed by atoms with van der Waals surface area (Å²) in [7, 11) is 0. The molecule has 1 fully saturated rings. The number of anilines is 1. The van der Waals surface area contributed by atoms with E-state index in [2.05, 4.69) is 20.8 Å². The van der Waals surface area contributed by atoms with Crippen LogP contribution in [0.3, 0.4) is 0 Å². The zero-order valence-corrected chi connectivity index (χ0v) is 12.6. The van der Waals surface area contributed by atoms with Gasteiger partial charge in [-0.3, -0.25) is 5.32 Å². The number of aryl methyl sites for hydroxylation is 2. The predicted octanol–water partition coefficient (Wildman–Crippen LogP) is 1.85. The number of amides is 2. The van der Waals surface area contributed by atoms with Crippen LogP contribution in [0.1, 0.15) is 30.8 Å². The Labute approximate surface area is 127 Å². The molecular formula is C14H19N5O3. The normalized spacial score (nSPS) is 21.0. The molecule has 0 spiro atoms. The molecule has 0 bridgehead atoms. The Hall–Kier alpha value is -2.35. The fraction of sp³-hybridized carbons (Fsp3) is 0.500. The largest absolute Gasteiger partial charge is 0.368 e. The van der Waals surface area contributed by atoms with Crippen molar-refractivity contribution in [3.05, 3.63) is 30.0 Å². The molecule has 8 heteroatoms. The molecule has 1 aliphatic rings. The lowest BCUT2D eigenvalue weighted by Crippen LogP contribution is -2.40. The van der Waals surface area contributed by atoms with Crippen LogP contribution in [0.25, 0.3) is 0 Å². The van der Waals surface area contributed by atoms with Crippen LogP contribution >= 0.6 is 0 Å². The predicted molar refractivity (Wildman–Crippen MR) is 78.4 cm³/mol. The third-order valence-electron chi connectivity index (χ3n) is 3.73. The van der Waals surface area contributed by atoms with Crippen molar-refractivity contribution in [1.29, 1.82) is 0 Å². The fourth-order valence-electron chi connectivity index (χ4n) is 2.56. The maximum absolute atomic E-state index is 12.1. The van der Waals surface area contributed by atoms with Crippen molar-refractivity contribution in [1.82, 2.24) is 20.0 Å². The maximum Gasteiger partial charge on any atom is 0.320 e. The van der Waals surface area contributed by atoms with Crippen LogP contribution in [-0.4, -0.2) is 33.4 Å². The first-order valence-electron chi connectivity index (χ1n) is 7.30. The van der Waals surface area contributed by atoms with Crippen LogP contribution in [-0.2, 0) is 11.3 Å². The van der Waals surface area contributed by atoms with E-state index in [1.54, 1.807) is 6.20 Å². The van der Waals surface area contributed by atoms with Crippen LogP contribution in [0.4, 0.5) is 10.6 Å². The van der Waals surface area contributed by atoms with Gasteiger partial charge in [0, 0.05) is 31.1 Å². The van der Waals surface area contributed by atoms with E-state index in [1.807, 2.05) is 24.6 Å². The number of urea groups is 1. The van der Waals surface area contributed by atoms with Gasteiger partial charge in [0.1, 0.15) is 18.2 Å². The molecule has 0 radical (unpaired) electrons. The van der Waals surface area contributed by atoms with Gasteiger partial charge in [-0.1, -0.05) is 5.16 Å². The van der Waals surface area contributed by atoms with Gasteiger partial charge in [0.05, 0.1) is 6.04 Å². The van der Waals surface area contributed by atoms with Crippen molar-refractivity contribution in [2.45, 2.75) is 39.0 Å². The Bertz CT molecular complexity index is 650. The number of aromatic nitrogens is 3. The summed E-state index contributed by atoms with van der Waals surface area (Å²) < 4.78 is 12.6. The second kappa shape index (κ2) is 6.18. The molecule has 1 saturated heterocycles. The van der Waals surface area contributed by atoms with E-state index in [4.69, 9.17) is 9.26 Å². The SMILES string of the molecule is CCn1ccnc1[C@H]1OCC[C@@H]1NC(=O)Nc1nocc1C. The van der Waals surface area contributed by atoms with Crippen LogP contribution in [0, 0.1) is 6.92 Å². The Balaban J connectivity index is 1.66. The monoisotopic (exact) mass is 305 g/mol. The summed E-state index contributed by atoms with van der Waals surface area (Å²) in [5.41, 5.74) is 0.774. The minimum Gasteiger partial charge on any atom is -0.368 e. The highest BCUT2D eigenvalue weighted by Gasteiger charge is 2.33. The first-order valence-corrected chi connectivity index (χ1v) is 7.30. The Morgan fingerprint density at radius 2 is 2.41 bits per heavy atom. The number of nitrogens with one attached hydrogen (secondary N) is 2. The van der Waals surface area contributed by atoms with E-state index < -0.39 is 0 Å². The molecule has 0 saturated carbocycles. The number of carbonyl (C=O) groups is 1. The van der Waals surface area contributed by atoms with E-state index in [0.29, 0.717) is 12.4 Å². The first-order chi connectivity index (χ1) is 10.7. The Morgan fingerprint density at radius 1 is 1.55 bits per heavy atom. The number of imidazole rings is 1. The van der Waals surface area contributed by atoms with Gasteiger partial charge in [0.2, 0.25) is 0 Å². The minimum absolute atomic E-state index is 0.125. The van der Waals surface area contributed by atoms with Gasteiger partial charge in [-0.15, -0.1) is 0 Å². The number of ether oxygens (including phenoxy) is 1. The molecule has 3 heterocycles. The van der Waals surface area contributed by atoms with Gasteiger partial charge in [0.15, 0.2) is 5.82 Å². The van der Waals surface area contributed by atoms with E-state index in [0.717, 1.165) is 24.4 Å². The number of nitrogens with zero attached hydrogens (tertiary/aromatic N) is 3. The van der Waals surface area contributed by atoms with Crippen LogP contribution in [0.15, 0.2) is 23.2 Å². The summed E-state index contributed by atoms with van der Waals surface area (Å²) in [6.07, 6.45) is 5.64. The molecule has 0 aliphatic carbocycles. The van der Waals surface area contributed by atoms with Gasteiger partial charge in [0.25, 0.3) is 0 Å². The van der Waals surface area contributed by atoms with E-state index >= 15 is 0 Å². The molecule has 2 N–H and O–H groups in total. The molecule has 2 aromatic rings. The number of rotatable bonds is 4. The topological polar surface area (TPSA) is 94.2 Å². The Morgan fingerprint density at radius 3 is 3.14 bits per heavy atom. The standard InChI is InChI=1S/C14H19N5O3/c1-3-19-6-5-15-13(19)11-10(4-7-21-11)16-14(20)17-12-9(2)8-22-18-12/h5-6,8,10-11H,3-4,7H2,1-2H3,(H2,16,17,18,20)/t10-,11-/m0/s1. The average molecular weight is 305 g/mol. The average Bonchev–Trinajstić information content (AvgIpc) is 3.20. The number of hydrogen-bond donors (Lipinski definition) is 2. The smallest absolute Gasteiger partial charge is 0.320 e. The Kier molecular flexibility index (Phi) is 4.10. The summed E-state index contributed by atoms with van der Waals surface area (Å²) in [4.78, 5) is 16.5. The lowest BCUT2D eigenvalue weighted by atomic mass is 10.1. The van der Waals surface area contributed by atoms with Gasteiger partial charge in [-0.25, -0.2) is 9.78 Å². The number of carbonyl (C=O) groups excluding carboxylic acids is 1. The molecule has 2 atom stereocenters. The molecule has 1 aliphatic heterocycles. The van der Waals surface area contributed by atoms with Crippen LogP contribution in [0.5, 0.6) is 0 Å². The van der Waals surface area contributed by atoms with Gasteiger partial charge < -0.3 is 19.1 Å². The van der Waals surface area contributed by atoms with Crippen LogP contribution < -0.4 is 10.6 Å². The first kappa shape index (κ1) is 14.6. The summed E-state index contributed by atoms with van der Waals surface area (Å²) in [5.74, 6) is 1.26. The second-order valence-corrected chi connectivity index (χ2v) is 5.20. The van der Waals surface area contributed by atoms with Gasteiger partial charge >= 0.3 is 6.03 Å². The molecule has 22 heavy (non-hydrogen) atoms. The highest BCUT2D eigenvalue weighted by molar-refractivity contribution is 5.89. The third kappa shape index (κ3) is 2.82. The molecule has 2 aromatic heterocycles. The molecule has 2 amide bonds. The van der Waals surface area contributed by atoms with Crippen molar-refractivity contribution in [3.8, 4) is 0 Å². The molecule has 0 aromatic carbocycles. The lowest BCUT2D eigenvalue weighted by Gasteiger charge is -2.20. The summed E-state index contributed by atoms with van der Waals surface area (Å²) >= 11 is 0. The number of hydrogen-bond acceptors (Lipinski definition) is 5. The highest BCUT2D eigenvalue weighted by atomic mass is 16.5. The minimum atomic E-state index is -0.327. The fourth-order valence-corrected chi connectivity index (χ4v) is 2.56. The second-order valence-electron chi connectivity index (χ2n) is 5.20. The van der Waals surface area contributed by atoms with Crippen molar-refractivity contribution in [2.75, 3.05) is 11.9 Å². The zero-order valence-electron chi connectivity index (χ0n) is 12.6. The summed E-state index contributed by atoms with van der Waals surface area (Å²) in [6.45, 7) is 5.26. The highest BCUT2D eigenvalue weighted by Crippen LogP contribution is 2.28. The molecule has 8 nitrogen and oxygen atoms in total. The molecule has 3 rings (SSSR count). The van der Waals surface area contributed by atoms with Crippen molar-refractivity contribution in [2.24, 2.45) is 0 Å². The van der Waals surface area contributed by atoms with E-state index in [-0.39, 0.29) is 18.2 Å². The summed E-state index contributed by atoms with van der Waals surface area (Å²) in [5, 5.41) is 9.33. The van der Waals surface area contributed by atoms with Crippen molar-refractivity contribution < 1.29 is 14.1 Å². The molecule has 118 valence electrons.